The van der Waals surface area contributed by atoms with Crippen LogP contribution in [0.4, 0.5) is 0 Å². The number of aromatic hydroxyl groups is 1. The first kappa shape index (κ1) is 11.5. The zero-order valence-electron chi connectivity index (χ0n) is 9.74. The zero-order chi connectivity index (χ0) is 12.6. The molecule has 0 fully saturated rings. The molecule has 1 aliphatic heterocycles. The predicted octanol–water partition coefficient (Wildman–Crippen LogP) is 0.422. The highest BCUT2D eigenvalue weighted by Crippen LogP contribution is 2.30. The second-order valence-corrected chi connectivity index (χ2v) is 3.79. The Morgan fingerprint density at radius 3 is 2.94 bits per heavy atom. The summed E-state index contributed by atoms with van der Waals surface area (Å²) in [5.74, 6) is -1.20. The Morgan fingerprint density at radius 1 is 1.59 bits per heavy atom. The molecule has 1 aromatic heterocycles. The lowest BCUT2D eigenvalue weighted by molar-refractivity contribution is 0.0518. The number of nitrogens with one attached hydrogen (secondary N) is 1. The molecule has 0 saturated heterocycles. The maximum absolute atomic E-state index is 11.7. The summed E-state index contributed by atoms with van der Waals surface area (Å²) in [6.07, 6.45) is 0. The third-order valence-corrected chi connectivity index (χ3v) is 2.81. The van der Waals surface area contributed by atoms with Crippen molar-refractivity contribution in [3.8, 4) is 5.75 Å². The smallest absolute Gasteiger partial charge is 0.344 e. The number of rotatable bonds is 2. The summed E-state index contributed by atoms with van der Waals surface area (Å²) in [7, 11) is 0. The van der Waals surface area contributed by atoms with Gasteiger partial charge in [0.2, 0.25) is 0 Å². The summed E-state index contributed by atoms with van der Waals surface area (Å²) >= 11 is 0. The molecule has 2 rings (SSSR count). The molecule has 0 radical (unpaired) electrons. The molecule has 17 heavy (non-hydrogen) atoms. The summed E-state index contributed by atoms with van der Waals surface area (Å²) in [6, 6.07) is 0. The zero-order valence-corrected chi connectivity index (χ0v) is 9.74. The molecule has 0 aromatic carbocycles. The lowest BCUT2D eigenvalue weighted by atomic mass is 10.2. The van der Waals surface area contributed by atoms with Gasteiger partial charge in [0.1, 0.15) is 11.3 Å². The first-order chi connectivity index (χ1) is 8.07. The van der Waals surface area contributed by atoms with Gasteiger partial charge in [-0.05, 0) is 13.8 Å². The second-order valence-electron chi connectivity index (χ2n) is 3.79. The number of hydrogen-bond donors (Lipinski definition) is 2. The highest BCUT2D eigenvalue weighted by Gasteiger charge is 2.32. The first-order valence-corrected chi connectivity index (χ1v) is 5.45. The topological polar surface area (TPSA) is 80.6 Å². The standard InChI is InChI=1S/C11H14N2O4/c1-3-17-11(16)7-8-10(15)12-4-5-13(8)6(2)9(7)14/h14H,3-5H2,1-2H3,(H,12,15). The fourth-order valence-corrected chi connectivity index (χ4v) is 2.00. The number of aromatic nitrogens is 1. The molecule has 1 aliphatic rings. The molecule has 2 heterocycles. The number of carbonyl (C=O) groups is 2. The van der Waals surface area contributed by atoms with E-state index in [4.69, 9.17) is 4.74 Å². The lowest BCUT2D eigenvalue weighted by Gasteiger charge is -2.17. The van der Waals surface area contributed by atoms with Crippen LogP contribution in [0.25, 0.3) is 0 Å². The number of hydrogen-bond acceptors (Lipinski definition) is 4. The molecule has 92 valence electrons. The van der Waals surface area contributed by atoms with Crippen LogP contribution in [0.5, 0.6) is 5.75 Å². The molecule has 0 atom stereocenters. The van der Waals surface area contributed by atoms with E-state index in [9.17, 15) is 14.7 Å². The normalized spacial score (nSPS) is 14.1. The summed E-state index contributed by atoms with van der Waals surface area (Å²) in [6.45, 7) is 4.57. The number of esters is 1. The molecule has 0 aliphatic carbocycles. The molecular formula is C11H14N2O4. The van der Waals surface area contributed by atoms with Crippen LogP contribution >= 0.6 is 0 Å². The molecule has 0 bridgehead atoms. The van der Waals surface area contributed by atoms with Gasteiger partial charge in [0.15, 0.2) is 5.75 Å². The number of ether oxygens (including phenoxy) is 1. The molecule has 0 saturated carbocycles. The Hall–Kier alpha value is -1.98. The van der Waals surface area contributed by atoms with Crippen molar-refractivity contribution in [2.45, 2.75) is 20.4 Å². The number of carbonyl (C=O) groups excluding carboxylic acids is 2. The van der Waals surface area contributed by atoms with Gasteiger partial charge in [-0.25, -0.2) is 4.79 Å². The minimum absolute atomic E-state index is 0.0402. The van der Waals surface area contributed by atoms with Gasteiger partial charge in [0, 0.05) is 13.1 Å². The summed E-state index contributed by atoms with van der Waals surface area (Å²) in [5.41, 5.74) is 0.657. The van der Waals surface area contributed by atoms with Crippen LogP contribution in [0.2, 0.25) is 0 Å². The van der Waals surface area contributed by atoms with Gasteiger partial charge < -0.3 is 19.7 Å². The number of amides is 1. The Balaban J connectivity index is 2.59. The van der Waals surface area contributed by atoms with Crippen molar-refractivity contribution < 1.29 is 19.4 Å². The van der Waals surface area contributed by atoms with Crippen LogP contribution in [0.1, 0.15) is 33.5 Å². The van der Waals surface area contributed by atoms with Crippen molar-refractivity contribution in [3.63, 3.8) is 0 Å². The van der Waals surface area contributed by atoms with Crippen LogP contribution in [0.3, 0.4) is 0 Å². The van der Waals surface area contributed by atoms with E-state index in [1.165, 1.54) is 0 Å². The fraction of sp³-hybridized carbons (Fsp3) is 0.455. The molecule has 0 unspecified atom stereocenters. The van der Waals surface area contributed by atoms with E-state index in [2.05, 4.69) is 5.32 Å². The summed E-state index contributed by atoms with van der Waals surface area (Å²) < 4.78 is 6.48. The quantitative estimate of drug-likeness (QED) is 0.732. The maximum Gasteiger partial charge on any atom is 0.344 e. The highest BCUT2D eigenvalue weighted by atomic mass is 16.5. The third kappa shape index (κ3) is 1.65. The largest absolute Gasteiger partial charge is 0.505 e. The summed E-state index contributed by atoms with van der Waals surface area (Å²) in [5, 5.41) is 12.5. The molecule has 6 nitrogen and oxygen atoms in total. The Morgan fingerprint density at radius 2 is 2.29 bits per heavy atom. The molecule has 6 heteroatoms. The molecule has 1 aromatic rings. The maximum atomic E-state index is 11.7. The highest BCUT2D eigenvalue weighted by molar-refractivity contribution is 6.07. The van der Waals surface area contributed by atoms with Gasteiger partial charge in [-0.3, -0.25) is 4.79 Å². The van der Waals surface area contributed by atoms with Crippen LogP contribution in [-0.4, -0.2) is 34.7 Å². The molecule has 0 spiro atoms. The number of fused-ring (bicyclic) bond motifs is 1. The van der Waals surface area contributed by atoms with Gasteiger partial charge in [-0.1, -0.05) is 0 Å². The fourth-order valence-electron chi connectivity index (χ4n) is 2.00. The minimum Gasteiger partial charge on any atom is -0.505 e. The van der Waals surface area contributed by atoms with Crippen LogP contribution < -0.4 is 5.32 Å². The van der Waals surface area contributed by atoms with Gasteiger partial charge in [0.05, 0.1) is 12.3 Å². The SMILES string of the molecule is CCOC(=O)c1c(O)c(C)n2c1C(=O)NCC2. The van der Waals surface area contributed by atoms with Crippen molar-refractivity contribution in [2.75, 3.05) is 13.2 Å². The Labute approximate surface area is 98.2 Å². The van der Waals surface area contributed by atoms with Crippen molar-refractivity contribution in [2.24, 2.45) is 0 Å². The first-order valence-electron chi connectivity index (χ1n) is 5.45. The van der Waals surface area contributed by atoms with Crippen molar-refractivity contribution in [1.82, 2.24) is 9.88 Å². The van der Waals surface area contributed by atoms with Gasteiger partial charge >= 0.3 is 5.97 Å². The van der Waals surface area contributed by atoms with Crippen LogP contribution in [0, 0.1) is 6.92 Å². The second kappa shape index (κ2) is 4.12. The number of nitrogens with zero attached hydrogens (tertiary/aromatic N) is 1. The van der Waals surface area contributed by atoms with Crippen molar-refractivity contribution in [3.05, 3.63) is 17.0 Å². The summed E-state index contributed by atoms with van der Waals surface area (Å²) in [4.78, 5) is 23.5. The van der Waals surface area contributed by atoms with E-state index < -0.39 is 5.97 Å². The van der Waals surface area contributed by atoms with E-state index >= 15 is 0 Å². The lowest BCUT2D eigenvalue weighted by Crippen LogP contribution is -2.36. The average molecular weight is 238 g/mol. The average Bonchev–Trinajstić information content (AvgIpc) is 2.55. The van der Waals surface area contributed by atoms with Crippen LogP contribution in [-0.2, 0) is 11.3 Å². The Bertz CT molecular complexity index is 490. The van der Waals surface area contributed by atoms with Crippen LogP contribution in [0.15, 0.2) is 0 Å². The molecular weight excluding hydrogens is 224 g/mol. The molecule has 1 amide bonds. The monoisotopic (exact) mass is 238 g/mol. The van der Waals surface area contributed by atoms with E-state index in [0.717, 1.165) is 0 Å². The van der Waals surface area contributed by atoms with E-state index in [1.54, 1.807) is 18.4 Å². The Kier molecular flexibility index (Phi) is 2.79. The van der Waals surface area contributed by atoms with Crippen molar-refractivity contribution >= 4 is 11.9 Å². The third-order valence-electron chi connectivity index (χ3n) is 2.81. The van der Waals surface area contributed by atoms with E-state index in [-0.39, 0.29) is 29.5 Å². The van der Waals surface area contributed by atoms with Gasteiger partial charge in [-0.15, -0.1) is 0 Å². The van der Waals surface area contributed by atoms with Gasteiger partial charge in [0.25, 0.3) is 5.91 Å². The van der Waals surface area contributed by atoms with E-state index in [0.29, 0.717) is 18.8 Å². The van der Waals surface area contributed by atoms with Crippen molar-refractivity contribution in [1.29, 1.82) is 0 Å². The van der Waals surface area contributed by atoms with Gasteiger partial charge in [-0.2, -0.15) is 0 Å². The predicted molar refractivity (Wildman–Crippen MR) is 59.1 cm³/mol. The van der Waals surface area contributed by atoms with E-state index in [1.807, 2.05) is 0 Å². The molecule has 2 N–H and O–H groups in total. The minimum atomic E-state index is -0.668.